The summed E-state index contributed by atoms with van der Waals surface area (Å²) in [5, 5.41) is 0. The molecule has 1 aromatic rings. The molecule has 0 aliphatic rings. The summed E-state index contributed by atoms with van der Waals surface area (Å²) in [5.74, 6) is 0.610. The highest BCUT2D eigenvalue weighted by Gasteiger charge is 2.11. The van der Waals surface area contributed by atoms with E-state index in [0.717, 1.165) is 13.4 Å². The molecule has 0 heterocycles. The molecule has 0 fully saturated rings. The van der Waals surface area contributed by atoms with Crippen LogP contribution >= 0.6 is 77.1 Å². The lowest BCUT2D eigenvalue weighted by atomic mass is 10.3. The van der Waals surface area contributed by atoms with Crippen LogP contribution in [0.15, 0.2) is 25.6 Å². The van der Waals surface area contributed by atoms with Crippen molar-refractivity contribution in [3.63, 3.8) is 0 Å². The Morgan fingerprint density at radius 2 is 1.54 bits per heavy atom. The first kappa shape index (κ1) is 12.5. The lowest BCUT2D eigenvalue weighted by Gasteiger charge is -2.09. The molecule has 0 atom stereocenters. The summed E-state index contributed by atoms with van der Waals surface area (Å²) in [4.78, 5) is 0. The average Bonchev–Trinajstić information content (AvgIpc) is 1.96. The first-order chi connectivity index (χ1) is 6.00. The van der Waals surface area contributed by atoms with Crippen LogP contribution in [-0.2, 0) is 0 Å². The molecule has 72 valence electrons. The molecule has 0 aliphatic heterocycles. The predicted molar refractivity (Wildman–Crippen MR) is 68.8 cm³/mol. The van der Waals surface area contributed by atoms with Gasteiger partial charge < -0.3 is 4.52 Å². The molecule has 1 rings (SSSR count). The Labute approximate surface area is 112 Å². The van der Waals surface area contributed by atoms with Gasteiger partial charge in [0, 0.05) is 4.47 Å². The van der Waals surface area contributed by atoms with Crippen LogP contribution in [0.4, 0.5) is 0 Å². The van der Waals surface area contributed by atoms with Gasteiger partial charge in [0.1, 0.15) is 0 Å². The van der Waals surface area contributed by atoms with Crippen LogP contribution in [0.1, 0.15) is 0 Å². The Hall–Kier alpha value is 1.47. The number of halogens is 5. The zero-order chi connectivity index (χ0) is 10.0. The van der Waals surface area contributed by atoms with Crippen molar-refractivity contribution in [2.24, 2.45) is 0 Å². The van der Waals surface area contributed by atoms with Gasteiger partial charge in [0.05, 0.1) is 8.95 Å². The predicted octanol–water partition coefficient (Wildman–Crippen LogP) is 6.06. The summed E-state index contributed by atoms with van der Waals surface area (Å²) in [5.41, 5.74) is 0. The summed E-state index contributed by atoms with van der Waals surface area (Å²) in [6.07, 6.45) is 0. The van der Waals surface area contributed by atoms with Crippen LogP contribution in [0, 0.1) is 0 Å². The maximum absolute atomic E-state index is 5.55. The van der Waals surface area contributed by atoms with E-state index in [1.54, 1.807) is 0 Å². The van der Waals surface area contributed by atoms with Gasteiger partial charge in [0.25, 0.3) is 6.85 Å². The molecule has 0 aliphatic carbocycles. The molecule has 0 bridgehead atoms. The van der Waals surface area contributed by atoms with E-state index >= 15 is 0 Å². The third kappa shape index (κ3) is 3.84. The van der Waals surface area contributed by atoms with E-state index in [-0.39, 0.29) is 0 Å². The second-order valence-corrected chi connectivity index (χ2v) is 7.56. The highest BCUT2D eigenvalue weighted by molar-refractivity contribution is 9.11. The van der Waals surface area contributed by atoms with Crippen molar-refractivity contribution in [2.45, 2.75) is 0 Å². The van der Waals surface area contributed by atoms with Crippen molar-refractivity contribution in [1.29, 1.82) is 0 Å². The molecule has 0 N–H and O–H groups in total. The maximum atomic E-state index is 5.55. The van der Waals surface area contributed by atoms with Crippen LogP contribution in [0.3, 0.4) is 0 Å². The second kappa shape index (κ2) is 5.53. The van der Waals surface area contributed by atoms with Crippen LogP contribution in [-0.4, -0.2) is 0 Å². The number of hydrogen-bond donors (Lipinski definition) is 0. The molecule has 0 saturated carbocycles. The minimum absolute atomic E-state index is 0.610. The Morgan fingerprint density at radius 1 is 1.08 bits per heavy atom. The van der Waals surface area contributed by atoms with Crippen molar-refractivity contribution in [3.8, 4) is 5.75 Å². The monoisotopic (exact) mass is 428 g/mol. The van der Waals surface area contributed by atoms with Crippen molar-refractivity contribution in [3.05, 3.63) is 25.6 Å². The van der Waals surface area contributed by atoms with E-state index in [9.17, 15) is 0 Å². The normalized spacial score (nSPS) is 10.6. The topological polar surface area (TPSA) is 9.23 Å². The van der Waals surface area contributed by atoms with Crippen LogP contribution in [0.2, 0.25) is 0 Å². The SMILES string of the molecule is ClP(Cl)Oc1c(Br)cc(Br)cc1Br. The first-order valence-corrected chi connectivity index (χ1v) is 8.40. The molecule has 0 unspecified atom stereocenters. The fourth-order valence-corrected chi connectivity index (χ4v) is 4.10. The zero-order valence-corrected chi connectivity index (χ0v) is 13.1. The van der Waals surface area contributed by atoms with E-state index < -0.39 is 6.85 Å². The molecule has 1 aromatic carbocycles. The number of hydrogen-bond acceptors (Lipinski definition) is 1. The molecule has 7 heteroatoms. The molecule has 0 spiro atoms. The van der Waals surface area contributed by atoms with Gasteiger partial charge in [0.15, 0.2) is 5.75 Å². The molecule has 0 amide bonds. The quantitative estimate of drug-likeness (QED) is 0.517. The number of benzene rings is 1. The molecule has 13 heavy (non-hydrogen) atoms. The molecular weight excluding hydrogens is 430 g/mol. The third-order valence-electron chi connectivity index (χ3n) is 1.12. The van der Waals surface area contributed by atoms with Crippen LogP contribution in [0.5, 0.6) is 5.75 Å². The first-order valence-electron chi connectivity index (χ1n) is 2.95. The zero-order valence-electron chi connectivity index (χ0n) is 5.90. The van der Waals surface area contributed by atoms with Gasteiger partial charge in [-0.1, -0.05) is 15.9 Å². The highest BCUT2D eigenvalue weighted by atomic mass is 79.9. The summed E-state index contributed by atoms with van der Waals surface area (Å²) in [6.45, 7) is -1.45. The van der Waals surface area contributed by atoms with Crippen molar-refractivity contribution >= 4 is 77.1 Å². The Bertz CT molecular complexity index is 298. The lowest BCUT2D eigenvalue weighted by Crippen LogP contribution is -1.82. The van der Waals surface area contributed by atoms with Crippen molar-refractivity contribution in [1.82, 2.24) is 0 Å². The van der Waals surface area contributed by atoms with E-state index in [0.29, 0.717) is 5.75 Å². The van der Waals surface area contributed by atoms with Crippen LogP contribution < -0.4 is 4.52 Å². The fourth-order valence-electron chi connectivity index (χ4n) is 0.685. The van der Waals surface area contributed by atoms with Gasteiger partial charge in [0.2, 0.25) is 0 Å². The van der Waals surface area contributed by atoms with Crippen molar-refractivity contribution < 1.29 is 4.52 Å². The molecule has 0 saturated heterocycles. The second-order valence-electron chi connectivity index (χ2n) is 1.99. The average molecular weight is 432 g/mol. The van der Waals surface area contributed by atoms with Gasteiger partial charge in [-0.2, -0.15) is 0 Å². The fraction of sp³-hybridized carbons (Fsp3) is 0. The maximum Gasteiger partial charge on any atom is 0.284 e. The van der Waals surface area contributed by atoms with E-state index in [2.05, 4.69) is 47.8 Å². The Kier molecular flexibility index (Phi) is 5.33. The van der Waals surface area contributed by atoms with Gasteiger partial charge in [-0.25, -0.2) is 0 Å². The Balaban J connectivity index is 3.06. The Morgan fingerprint density at radius 3 is 1.92 bits per heavy atom. The van der Waals surface area contributed by atoms with E-state index in [4.69, 9.17) is 27.0 Å². The van der Waals surface area contributed by atoms with Gasteiger partial charge in [-0.15, -0.1) is 0 Å². The van der Waals surface area contributed by atoms with E-state index in [1.807, 2.05) is 12.1 Å². The largest absolute Gasteiger partial charge is 0.442 e. The highest BCUT2D eigenvalue weighted by Crippen LogP contribution is 2.51. The summed E-state index contributed by atoms with van der Waals surface area (Å²) >= 11 is 21.1. The molecule has 0 aromatic heterocycles. The molecule has 0 radical (unpaired) electrons. The lowest BCUT2D eigenvalue weighted by molar-refractivity contribution is 0.628. The van der Waals surface area contributed by atoms with E-state index in [1.165, 1.54) is 0 Å². The summed E-state index contributed by atoms with van der Waals surface area (Å²) < 4.78 is 7.74. The summed E-state index contributed by atoms with van der Waals surface area (Å²) in [7, 11) is 0. The van der Waals surface area contributed by atoms with Gasteiger partial charge >= 0.3 is 0 Å². The molecular formula is C6H2Br3Cl2OP. The number of rotatable bonds is 2. The van der Waals surface area contributed by atoms with Gasteiger partial charge in [-0.05, 0) is 66.5 Å². The van der Waals surface area contributed by atoms with Crippen LogP contribution in [0.25, 0.3) is 0 Å². The summed E-state index contributed by atoms with van der Waals surface area (Å²) in [6, 6.07) is 3.71. The van der Waals surface area contributed by atoms with Crippen molar-refractivity contribution in [2.75, 3.05) is 0 Å². The third-order valence-corrected chi connectivity index (χ3v) is 3.49. The standard InChI is InChI=1S/C6H2Br3Cl2OP/c7-3-1-4(8)6(5(9)2-3)12-13(10)11/h1-2H. The van der Waals surface area contributed by atoms with Gasteiger partial charge in [-0.3, -0.25) is 0 Å². The minimum Gasteiger partial charge on any atom is -0.442 e. The smallest absolute Gasteiger partial charge is 0.284 e. The minimum atomic E-state index is -1.45. The molecule has 1 nitrogen and oxygen atoms in total.